The monoisotopic (exact) mass is 326 g/mol. The van der Waals surface area contributed by atoms with Gasteiger partial charge in [0, 0.05) is 17.9 Å². The molecule has 1 N–H and O–H groups in total. The zero-order valence-electron chi connectivity index (χ0n) is 13.7. The average molecular weight is 326 g/mol. The van der Waals surface area contributed by atoms with Gasteiger partial charge in [0.25, 0.3) is 0 Å². The van der Waals surface area contributed by atoms with E-state index < -0.39 is 0 Å². The number of oxazole rings is 1. The lowest BCUT2D eigenvalue weighted by molar-refractivity contribution is -0.151. The lowest BCUT2D eigenvalue weighted by atomic mass is 9.63. The first-order chi connectivity index (χ1) is 11.8. The summed E-state index contributed by atoms with van der Waals surface area (Å²) in [4.78, 5) is 17.0. The Hall–Kier alpha value is -2.14. The molecule has 1 saturated carbocycles. The van der Waals surface area contributed by atoms with E-state index in [-0.39, 0.29) is 17.4 Å². The van der Waals surface area contributed by atoms with E-state index in [0.29, 0.717) is 5.89 Å². The predicted molar refractivity (Wildman–Crippen MR) is 90.4 cm³/mol. The third-order valence-corrected chi connectivity index (χ3v) is 5.32. The minimum Gasteiger partial charge on any atom is -0.445 e. The van der Waals surface area contributed by atoms with Crippen LogP contribution in [0.25, 0.3) is 11.5 Å². The van der Waals surface area contributed by atoms with E-state index in [9.17, 15) is 4.79 Å². The van der Waals surface area contributed by atoms with E-state index in [1.54, 1.807) is 12.5 Å². The fourth-order valence-electron chi connectivity index (χ4n) is 3.75. The number of benzene rings is 1. The Kier molecular flexibility index (Phi) is 4.10. The Morgan fingerprint density at radius 2 is 2.00 bits per heavy atom. The van der Waals surface area contributed by atoms with Gasteiger partial charge in [-0.2, -0.15) is 0 Å². The summed E-state index contributed by atoms with van der Waals surface area (Å²) in [5, 5.41) is 3.08. The highest BCUT2D eigenvalue weighted by Gasteiger charge is 2.51. The highest BCUT2D eigenvalue weighted by molar-refractivity contribution is 5.96. The second-order valence-corrected chi connectivity index (χ2v) is 6.73. The lowest BCUT2D eigenvalue weighted by Crippen LogP contribution is -2.52. The normalized spacial score (nSPS) is 22.6. The van der Waals surface area contributed by atoms with Crippen LogP contribution < -0.4 is 5.32 Å². The molecule has 2 heterocycles. The summed E-state index contributed by atoms with van der Waals surface area (Å²) in [6.07, 6.45) is 9.47. The Balaban J connectivity index is 1.47. The Labute approximate surface area is 141 Å². The highest BCUT2D eigenvalue weighted by atomic mass is 16.5. The number of rotatable bonds is 4. The predicted octanol–water partition coefficient (Wildman–Crippen LogP) is 4.02. The number of ether oxygens (including phenoxy) is 1. The number of nitrogens with zero attached hydrogens (tertiary/aromatic N) is 1. The van der Waals surface area contributed by atoms with Crippen molar-refractivity contribution in [2.75, 3.05) is 11.9 Å². The van der Waals surface area contributed by atoms with E-state index in [1.807, 2.05) is 24.3 Å². The molecule has 0 bridgehead atoms. The van der Waals surface area contributed by atoms with Crippen molar-refractivity contribution in [3.8, 4) is 11.5 Å². The van der Waals surface area contributed by atoms with Crippen LogP contribution in [0.1, 0.15) is 38.5 Å². The van der Waals surface area contributed by atoms with Crippen molar-refractivity contribution in [3.63, 3.8) is 0 Å². The largest absolute Gasteiger partial charge is 0.445 e. The minimum atomic E-state index is -0.332. The number of hydrogen-bond acceptors (Lipinski definition) is 4. The van der Waals surface area contributed by atoms with E-state index in [1.165, 1.54) is 0 Å². The molecule has 2 aliphatic rings. The van der Waals surface area contributed by atoms with Crippen molar-refractivity contribution < 1.29 is 13.9 Å². The fourth-order valence-corrected chi connectivity index (χ4v) is 3.75. The van der Waals surface area contributed by atoms with Crippen molar-refractivity contribution in [3.05, 3.63) is 36.7 Å². The third-order valence-electron chi connectivity index (χ3n) is 5.32. The van der Waals surface area contributed by atoms with E-state index in [4.69, 9.17) is 9.15 Å². The third kappa shape index (κ3) is 2.73. The van der Waals surface area contributed by atoms with Gasteiger partial charge in [-0.1, -0.05) is 6.42 Å². The molecular formula is C19H22N2O3. The number of amides is 1. The molecule has 1 unspecified atom stereocenters. The maximum absolute atomic E-state index is 12.9. The molecule has 126 valence electrons. The zero-order chi connectivity index (χ0) is 16.4. The first-order valence-corrected chi connectivity index (χ1v) is 8.71. The van der Waals surface area contributed by atoms with Gasteiger partial charge >= 0.3 is 0 Å². The molecule has 2 fully saturated rings. The van der Waals surface area contributed by atoms with Crippen molar-refractivity contribution in [1.82, 2.24) is 4.98 Å². The Bertz CT molecular complexity index is 684. The van der Waals surface area contributed by atoms with Crippen LogP contribution in [-0.4, -0.2) is 23.6 Å². The first kappa shape index (κ1) is 15.4. The summed E-state index contributed by atoms with van der Waals surface area (Å²) in [6.45, 7) is 0.782. The van der Waals surface area contributed by atoms with Gasteiger partial charge in [0.05, 0.1) is 17.7 Å². The van der Waals surface area contributed by atoms with Crippen LogP contribution in [0.15, 0.2) is 41.1 Å². The van der Waals surface area contributed by atoms with Gasteiger partial charge in [-0.3, -0.25) is 4.79 Å². The molecule has 1 aromatic heterocycles. The van der Waals surface area contributed by atoms with E-state index in [2.05, 4.69) is 10.3 Å². The number of anilines is 1. The molecule has 1 amide bonds. The molecule has 1 saturated heterocycles. The molecule has 1 aliphatic heterocycles. The summed E-state index contributed by atoms with van der Waals surface area (Å²) >= 11 is 0. The summed E-state index contributed by atoms with van der Waals surface area (Å²) in [6, 6.07) is 7.61. The summed E-state index contributed by atoms with van der Waals surface area (Å²) < 4.78 is 11.2. The molecule has 4 rings (SSSR count). The number of nitrogens with one attached hydrogen (secondary N) is 1. The standard InChI is InChI=1S/C19H22N2O3/c22-18(19(9-3-10-19)16-4-1-2-12-23-16)21-15-7-5-14(6-8-15)17-20-11-13-24-17/h5-8,11,13,16H,1-4,9-10,12H2,(H,21,22). The second-order valence-electron chi connectivity index (χ2n) is 6.73. The van der Waals surface area contributed by atoms with Gasteiger partial charge in [-0.05, 0) is 56.4 Å². The Morgan fingerprint density at radius 3 is 2.58 bits per heavy atom. The van der Waals surface area contributed by atoms with Crippen molar-refractivity contribution >= 4 is 11.6 Å². The minimum absolute atomic E-state index is 0.0755. The van der Waals surface area contributed by atoms with Crippen LogP contribution in [0.2, 0.25) is 0 Å². The number of carbonyl (C=O) groups is 1. The molecule has 24 heavy (non-hydrogen) atoms. The van der Waals surface area contributed by atoms with Crippen LogP contribution in [0.5, 0.6) is 0 Å². The summed E-state index contributed by atoms with van der Waals surface area (Å²) in [7, 11) is 0. The van der Waals surface area contributed by atoms with Crippen LogP contribution >= 0.6 is 0 Å². The average Bonchev–Trinajstić information content (AvgIpc) is 3.10. The van der Waals surface area contributed by atoms with Gasteiger partial charge in [0.15, 0.2) is 0 Å². The zero-order valence-corrected chi connectivity index (χ0v) is 13.7. The SMILES string of the molecule is O=C(Nc1ccc(-c2ncco2)cc1)C1(C2CCCCO2)CCC1. The maximum Gasteiger partial charge on any atom is 0.233 e. The van der Waals surface area contributed by atoms with Gasteiger partial charge < -0.3 is 14.5 Å². The van der Waals surface area contributed by atoms with Crippen LogP contribution in [0.3, 0.4) is 0 Å². The molecule has 1 atom stereocenters. The summed E-state index contributed by atoms with van der Waals surface area (Å²) in [5.74, 6) is 0.684. The summed E-state index contributed by atoms with van der Waals surface area (Å²) in [5.41, 5.74) is 1.37. The first-order valence-electron chi connectivity index (χ1n) is 8.71. The number of hydrogen-bond donors (Lipinski definition) is 1. The maximum atomic E-state index is 12.9. The Morgan fingerprint density at radius 1 is 1.17 bits per heavy atom. The van der Waals surface area contributed by atoms with Gasteiger partial charge in [-0.25, -0.2) is 4.98 Å². The van der Waals surface area contributed by atoms with E-state index >= 15 is 0 Å². The molecule has 5 heteroatoms. The topological polar surface area (TPSA) is 64.4 Å². The quantitative estimate of drug-likeness (QED) is 0.921. The highest BCUT2D eigenvalue weighted by Crippen LogP contribution is 2.48. The van der Waals surface area contributed by atoms with Crippen LogP contribution in [0, 0.1) is 5.41 Å². The molecule has 5 nitrogen and oxygen atoms in total. The molecular weight excluding hydrogens is 304 g/mol. The van der Waals surface area contributed by atoms with Gasteiger partial charge in [-0.15, -0.1) is 0 Å². The van der Waals surface area contributed by atoms with Gasteiger partial charge in [0.1, 0.15) is 6.26 Å². The number of aromatic nitrogens is 1. The molecule has 0 radical (unpaired) electrons. The molecule has 1 aliphatic carbocycles. The van der Waals surface area contributed by atoms with E-state index in [0.717, 1.165) is 56.4 Å². The van der Waals surface area contributed by atoms with Crippen LogP contribution in [-0.2, 0) is 9.53 Å². The van der Waals surface area contributed by atoms with Crippen molar-refractivity contribution in [2.45, 2.75) is 44.6 Å². The van der Waals surface area contributed by atoms with Gasteiger partial charge in [0.2, 0.25) is 11.8 Å². The molecule has 1 aromatic carbocycles. The lowest BCUT2D eigenvalue weighted by Gasteiger charge is -2.47. The van der Waals surface area contributed by atoms with Crippen molar-refractivity contribution in [1.29, 1.82) is 0 Å². The number of carbonyl (C=O) groups excluding carboxylic acids is 1. The smallest absolute Gasteiger partial charge is 0.233 e. The fraction of sp³-hybridized carbons (Fsp3) is 0.474. The molecule has 0 spiro atoms. The molecule has 2 aromatic rings. The second kappa shape index (κ2) is 6.40. The van der Waals surface area contributed by atoms with Crippen molar-refractivity contribution in [2.24, 2.45) is 5.41 Å². The van der Waals surface area contributed by atoms with Crippen LogP contribution in [0.4, 0.5) is 5.69 Å².